The monoisotopic (exact) mass is 315 g/mol. The number of rotatable bonds is 4. The third-order valence-electron chi connectivity index (χ3n) is 2.44. The minimum Gasteiger partial charge on any atom is -0.379 e. The first-order valence-electron chi connectivity index (χ1n) is 5.41. The molecule has 1 heterocycles. The second-order valence-corrected chi connectivity index (χ2v) is 5.36. The Balaban J connectivity index is 2.12. The van der Waals surface area contributed by atoms with E-state index < -0.39 is 0 Å². The Labute approximate surface area is 124 Å². The molecule has 0 radical (unpaired) electrons. The average Bonchev–Trinajstić information content (AvgIpc) is 2.39. The fourth-order valence-electron chi connectivity index (χ4n) is 1.46. The first kappa shape index (κ1) is 14.2. The van der Waals surface area contributed by atoms with E-state index in [1.807, 2.05) is 6.26 Å². The summed E-state index contributed by atoms with van der Waals surface area (Å²) in [6, 6.07) is 5.14. The van der Waals surface area contributed by atoms with Crippen molar-refractivity contribution in [3.8, 4) is 0 Å². The maximum absolute atomic E-state index is 11.8. The molecular formula is C12H11Cl2N3OS. The van der Waals surface area contributed by atoms with Crippen LogP contribution < -0.4 is 10.9 Å². The average molecular weight is 316 g/mol. The first-order valence-corrected chi connectivity index (χ1v) is 7.39. The molecule has 0 saturated heterocycles. The number of nitrogens with zero attached hydrogens (tertiary/aromatic N) is 1. The number of aromatic amines is 1. The Hall–Kier alpha value is -1.17. The molecule has 4 nitrogen and oxygen atoms in total. The molecule has 2 rings (SSSR count). The quantitative estimate of drug-likeness (QED) is 0.670. The second-order valence-electron chi connectivity index (χ2n) is 3.72. The highest BCUT2D eigenvalue weighted by Crippen LogP contribution is 2.25. The van der Waals surface area contributed by atoms with Gasteiger partial charge in [-0.2, -0.15) is 0 Å². The Kier molecular flexibility index (Phi) is 4.74. The molecule has 2 aromatic rings. The van der Waals surface area contributed by atoms with Crippen LogP contribution in [-0.2, 0) is 6.54 Å². The van der Waals surface area contributed by atoms with Crippen LogP contribution in [0.3, 0.4) is 0 Å². The normalized spacial score (nSPS) is 10.5. The van der Waals surface area contributed by atoms with Gasteiger partial charge < -0.3 is 10.3 Å². The van der Waals surface area contributed by atoms with Gasteiger partial charge in [0.25, 0.3) is 5.56 Å². The number of H-pyrrole nitrogens is 1. The van der Waals surface area contributed by atoms with E-state index in [9.17, 15) is 4.79 Å². The van der Waals surface area contributed by atoms with Gasteiger partial charge in [-0.3, -0.25) is 4.79 Å². The molecule has 7 heteroatoms. The molecule has 0 aliphatic rings. The van der Waals surface area contributed by atoms with E-state index in [1.54, 1.807) is 24.4 Å². The van der Waals surface area contributed by atoms with E-state index in [0.29, 0.717) is 27.3 Å². The molecular weight excluding hydrogens is 305 g/mol. The Morgan fingerprint density at radius 2 is 2.21 bits per heavy atom. The van der Waals surface area contributed by atoms with E-state index in [4.69, 9.17) is 23.2 Å². The van der Waals surface area contributed by atoms with Crippen molar-refractivity contribution in [3.05, 3.63) is 50.4 Å². The minimum atomic E-state index is -0.156. The Bertz CT molecular complexity index is 645. The molecule has 0 aliphatic heterocycles. The summed E-state index contributed by atoms with van der Waals surface area (Å²) < 4.78 is 0. The summed E-state index contributed by atoms with van der Waals surface area (Å²) >= 11 is 13.2. The third kappa shape index (κ3) is 3.65. The van der Waals surface area contributed by atoms with Crippen molar-refractivity contribution >= 4 is 40.7 Å². The molecule has 0 saturated carbocycles. The van der Waals surface area contributed by atoms with Gasteiger partial charge in [0.2, 0.25) is 0 Å². The molecule has 0 atom stereocenters. The van der Waals surface area contributed by atoms with Gasteiger partial charge in [-0.05, 0) is 24.5 Å². The van der Waals surface area contributed by atoms with Gasteiger partial charge >= 0.3 is 0 Å². The first-order chi connectivity index (χ1) is 9.10. The van der Waals surface area contributed by atoms with Crippen molar-refractivity contribution in [2.45, 2.75) is 11.7 Å². The number of benzene rings is 1. The van der Waals surface area contributed by atoms with Gasteiger partial charge in [-0.25, -0.2) is 4.98 Å². The molecule has 0 bridgehead atoms. The van der Waals surface area contributed by atoms with Crippen molar-refractivity contribution in [1.29, 1.82) is 0 Å². The van der Waals surface area contributed by atoms with Crippen LogP contribution in [0.1, 0.15) is 5.56 Å². The maximum atomic E-state index is 11.8. The van der Waals surface area contributed by atoms with Crippen LogP contribution in [0.25, 0.3) is 0 Å². The number of halogens is 2. The van der Waals surface area contributed by atoms with Gasteiger partial charge in [-0.1, -0.05) is 35.0 Å². The lowest BCUT2D eigenvalue weighted by atomic mass is 10.3. The summed E-state index contributed by atoms with van der Waals surface area (Å²) in [6.07, 6.45) is 3.41. The zero-order valence-corrected chi connectivity index (χ0v) is 12.4. The van der Waals surface area contributed by atoms with Crippen LogP contribution in [-0.4, -0.2) is 16.2 Å². The van der Waals surface area contributed by atoms with E-state index in [0.717, 1.165) is 5.69 Å². The van der Waals surface area contributed by atoms with Gasteiger partial charge in [0.05, 0.1) is 16.3 Å². The zero-order chi connectivity index (χ0) is 13.8. The predicted octanol–water partition coefficient (Wildman–Crippen LogP) is 3.41. The fraction of sp³-hybridized carbons (Fsp3) is 0.167. The summed E-state index contributed by atoms with van der Waals surface area (Å²) in [5.41, 5.74) is 1.11. The van der Waals surface area contributed by atoms with E-state index in [2.05, 4.69) is 15.3 Å². The fourth-order valence-corrected chi connectivity index (χ4v) is 2.29. The van der Waals surface area contributed by atoms with E-state index in [1.165, 1.54) is 11.8 Å². The van der Waals surface area contributed by atoms with Gasteiger partial charge in [0.1, 0.15) is 0 Å². The molecule has 0 spiro atoms. The SMILES string of the molecule is CSc1ncc(CNc2ccc(Cl)cc2Cl)c(=O)[nH]1. The number of nitrogens with one attached hydrogen (secondary N) is 2. The molecule has 0 amide bonds. The number of hydrogen-bond acceptors (Lipinski definition) is 4. The molecule has 0 aliphatic carbocycles. The lowest BCUT2D eigenvalue weighted by Gasteiger charge is -2.08. The molecule has 19 heavy (non-hydrogen) atoms. The lowest BCUT2D eigenvalue weighted by molar-refractivity contribution is 0.896. The second kappa shape index (κ2) is 6.32. The minimum absolute atomic E-state index is 0.156. The van der Waals surface area contributed by atoms with Gasteiger partial charge in [0.15, 0.2) is 5.16 Å². The van der Waals surface area contributed by atoms with Crippen molar-refractivity contribution in [2.24, 2.45) is 0 Å². The highest BCUT2D eigenvalue weighted by atomic mass is 35.5. The van der Waals surface area contributed by atoms with Crippen LogP contribution in [0.5, 0.6) is 0 Å². The zero-order valence-electron chi connectivity index (χ0n) is 10.0. The smallest absolute Gasteiger partial charge is 0.256 e. The molecule has 100 valence electrons. The number of aromatic nitrogens is 2. The van der Waals surface area contributed by atoms with E-state index in [-0.39, 0.29) is 5.56 Å². The lowest BCUT2D eigenvalue weighted by Crippen LogP contribution is -2.17. The van der Waals surface area contributed by atoms with E-state index >= 15 is 0 Å². The summed E-state index contributed by atoms with van der Waals surface area (Å²) in [4.78, 5) is 18.6. The van der Waals surface area contributed by atoms with Crippen LogP contribution in [0, 0.1) is 0 Å². The number of anilines is 1. The summed E-state index contributed by atoms with van der Waals surface area (Å²) in [5.74, 6) is 0. The van der Waals surface area contributed by atoms with Gasteiger partial charge in [-0.15, -0.1) is 0 Å². The largest absolute Gasteiger partial charge is 0.379 e. The highest BCUT2D eigenvalue weighted by molar-refractivity contribution is 7.98. The molecule has 1 aromatic heterocycles. The van der Waals surface area contributed by atoms with Crippen molar-refractivity contribution in [2.75, 3.05) is 11.6 Å². The predicted molar refractivity (Wildman–Crippen MR) is 80.4 cm³/mol. The molecule has 1 aromatic carbocycles. The van der Waals surface area contributed by atoms with Crippen molar-refractivity contribution < 1.29 is 0 Å². The Morgan fingerprint density at radius 3 is 2.84 bits per heavy atom. The van der Waals surface area contributed by atoms with Crippen LogP contribution in [0.4, 0.5) is 5.69 Å². The summed E-state index contributed by atoms with van der Waals surface area (Å²) in [7, 11) is 0. The highest BCUT2D eigenvalue weighted by Gasteiger charge is 2.04. The van der Waals surface area contributed by atoms with Crippen LogP contribution in [0.2, 0.25) is 10.0 Å². The standard InChI is InChI=1S/C12H11Cl2N3OS/c1-19-12-16-6-7(11(18)17-12)5-15-10-3-2-8(13)4-9(10)14/h2-4,6,15H,5H2,1H3,(H,16,17,18). The van der Waals surface area contributed by atoms with Gasteiger partial charge in [0, 0.05) is 17.8 Å². The number of thioether (sulfide) groups is 1. The molecule has 0 fully saturated rings. The van der Waals surface area contributed by atoms with Crippen molar-refractivity contribution in [3.63, 3.8) is 0 Å². The topological polar surface area (TPSA) is 57.8 Å². The third-order valence-corrected chi connectivity index (χ3v) is 3.59. The maximum Gasteiger partial charge on any atom is 0.256 e. The molecule has 0 unspecified atom stereocenters. The van der Waals surface area contributed by atoms with Crippen molar-refractivity contribution in [1.82, 2.24) is 9.97 Å². The number of hydrogen-bond donors (Lipinski definition) is 2. The van der Waals surface area contributed by atoms with Crippen LogP contribution in [0.15, 0.2) is 34.3 Å². The Morgan fingerprint density at radius 1 is 1.42 bits per heavy atom. The molecule has 2 N–H and O–H groups in total. The van der Waals surface area contributed by atoms with Crippen LogP contribution >= 0.6 is 35.0 Å². The summed E-state index contributed by atoms with van der Waals surface area (Å²) in [5, 5.41) is 4.75. The summed E-state index contributed by atoms with van der Waals surface area (Å²) in [6.45, 7) is 0.346.